The maximum Gasteiger partial charge on any atom is 0.241 e. The highest BCUT2D eigenvalue weighted by molar-refractivity contribution is 6.15. The normalized spacial score (nSPS) is 9.62. The Bertz CT molecular complexity index is 584. The molecule has 1 aromatic carbocycles. The molecule has 0 radical (unpaired) electrons. The number of benzene rings is 1. The summed E-state index contributed by atoms with van der Waals surface area (Å²) < 4.78 is 5.27. The van der Waals surface area contributed by atoms with Crippen LogP contribution in [-0.2, 0) is 0 Å². The van der Waals surface area contributed by atoms with Crippen molar-refractivity contribution in [3.05, 3.63) is 36.1 Å². The van der Waals surface area contributed by atoms with E-state index in [4.69, 9.17) is 4.42 Å². The number of fused-ring (bicyclic) bond motifs is 1. The van der Waals surface area contributed by atoms with E-state index in [9.17, 15) is 4.79 Å². The lowest BCUT2D eigenvalue weighted by Gasteiger charge is -1.96. The minimum Gasteiger partial charge on any atom is -0.464 e. The van der Waals surface area contributed by atoms with Gasteiger partial charge < -0.3 is 9.32 Å². The number of nitrogens with zero attached hydrogens (tertiary/aromatic N) is 1. The summed E-state index contributed by atoms with van der Waals surface area (Å²) in [6.07, 6.45) is 1.46. The predicted molar refractivity (Wildman–Crippen MR) is 62.0 cm³/mol. The zero-order valence-corrected chi connectivity index (χ0v) is 9.15. The van der Waals surface area contributed by atoms with Gasteiger partial charge in [-0.3, -0.25) is 4.79 Å². The lowest BCUT2D eigenvalue weighted by molar-refractivity contribution is 0.105. The van der Waals surface area contributed by atoms with Gasteiger partial charge in [-0.2, -0.15) is 0 Å². The number of carbonyl (C=O) groups excluding carboxylic acids is 1. The fourth-order valence-corrected chi connectivity index (χ4v) is 1.38. The minimum atomic E-state index is -0.223. The third-order valence-electron chi connectivity index (χ3n) is 2.12. The Balaban J connectivity index is 2.42. The first-order chi connectivity index (χ1) is 7.68. The van der Waals surface area contributed by atoms with Crippen molar-refractivity contribution < 1.29 is 9.21 Å². The van der Waals surface area contributed by atoms with Gasteiger partial charge in [0.1, 0.15) is 11.8 Å². The Morgan fingerprint density at radius 2 is 2.06 bits per heavy atom. The second-order valence-corrected chi connectivity index (χ2v) is 3.61. The number of carbonyl (C=O) groups is 1. The van der Waals surface area contributed by atoms with Gasteiger partial charge in [0, 0.05) is 31.4 Å². The zero-order chi connectivity index (χ0) is 11.5. The molecule has 0 aliphatic carbocycles. The number of hydrogen-bond acceptors (Lipinski definition) is 3. The Morgan fingerprint density at radius 3 is 2.81 bits per heavy atom. The molecule has 0 N–H and O–H groups in total. The molecule has 3 nitrogen and oxygen atoms in total. The summed E-state index contributed by atoms with van der Waals surface area (Å²) in [7, 11) is 3.57. The fourth-order valence-electron chi connectivity index (χ4n) is 1.38. The summed E-state index contributed by atoms with van der Waals surface area (Å²) in [5.41, 5.74) is 1.22. The first-order valence-electron chi connectivity index (χ1n) is 4.88. The molecule has 1 aromatic heterocycles. The van der Waals surface area contributed by atoms with Crippen LogP contribution in [0.15, 0.2) is 34.9 Å². The van der Waals surface area contributed by atoms with E-state index in [2.05, 4.69) is 12.0 Å². The van der Waals surface area contributed by atoms with E-state index in [0.29, 0.717) is 11.1 Å². The molecule has 2 rings (SSSR count). The molecule has 0 bridgehead atoms. The highest BCUT2D eigenvalue weighted by atomic mass is 16.3. The van der Waals surface area contributed by atoms with E-state index in [1.54, 1.807) is 19.0 Å². The zero-order valence-electron chi connectivity index (χ0n) is 9.15. The quantitative estimate of drug-likeness (QED) is 0.413. The van der Waals surface area contributed by atoms with Crippen LogP contribution < -0.4 is 0 Å². The largest absolute Gasteiger partial charge is 0.464 e. The lowest BCUT2D eigenvalue weighted by Crippen LogP contribution is -2.03. The number of para-hydroxylation sites is 1. The van der Waals surface area contributed by atoms with Crippen LogP contribution in [0.25, 0.3) is 11.0 Å². The number of rotatable bonds is 1. The summed E-state index contributed by atoms with van der Waals surface area (Å²) in [5, 5.41) is 0.806. The monoisotopic (exact) mass is 213 g/mol. The van der Waals surface area contributed by atoms with Crippen molar-refractivity contribution in [3.8, 4) is 12.0 Å². The van der Waals surface area contributed by atoms with E-state index in [1.165, 1.54) is 6.26 Å². The lowest BCUT2D eigenvalue weighted by atomic mass is 10.1. The summed E-state index contributed by atoms with van der Waals surface area (Å²) in [6, 6.07) is 10.1. The molecule has 0 unspecified atom stereocenters. The van der Waals surface area contributed by atoms with Gasteiger partial charge in [0.05, 0.1) is 5.56 Å². The van der Waals surface area contributed by atoms with E-state index in [0.717, 1.165) is 5.39 Å². The molecule has 0 saturated carbocycles. The third-order valence-corrected chi connectivity index (χ3v) is 2.12. The van der Waals surface area contributed by atoms with Crippen molar-refractivity contribution >= 4 is 16.8 Å². The second-order valence-electron chi connectivity index (χ2n) is 3.61. The summed E-state index contributed by atoms with van der Waals surface area (Å²) in [5.74, 6) is 2.33. The molecule has 0 amide bonds. The van der Waals surface area contributed by atoms with E-state index in [1.807, 2.05) is 24.3 Å². The molecule has 2 aromatic rings. The number of hydrogen-bond donors (Lipinski definition) is 0. The van der Waals surface area contributed by atoms with E-state index >= 15 is 0 Å². The predicted octanol–water partition coefficient (Wildman–Crippen LogP) is 2.14. The van der Waals surface area contributed by atoms with Gasteiger partial charge in [0.25, 0.3) is 0 Å². The molecule has 0 aliphatic rings. The van der Waals surface area contributed by atoms with E-state index < -0.39 is 0 Å². The van der Waals surface area contributed by atoms with Crippen molar-refractivity contribution in [2.24, 2.45) is 0 Å². The smallest absolute Gasteiger partial charge is 0.241 e. The molecule has 16 heavy (non-hydrogen) atoms. The minimum absolute atomic E-state index is 0.223. The van der Waals surface area contributed by atoms with Crippen LogP contribution in [0, 0.1) is 12.0 Å². The maximum atomic E-state index is 11.8. The first kappa shape index (κ1) is 10.3. The van der Waals surface area contributed by atoms with Gasteiger partial charge in [0.15, 0.2) is 0 Å². The number of furan rings is 1. The molecule has 0 aliphatic heterocycles. The van der Waals surface area contributed by atoms with Gasteiger partial charge in [-0.05, 0) is 6.07 Å². The summed E-state index contributed by atoms with van der Waals surface area (Å²) in [6.45, 7) is 0. The average Bonchev–Trinajstić information content (AvgIpc) is 2.69. The summed E-state index contributed by atoms with van der Waals surface area (Å²) >= 11 is 0. The molecular formula is C13H11NO2. The first-order valence-corrected chi connectivity index (χ1v) is 4.88. The van der Waals surface area contributed by atoms with Gasteiger partial charge >= 0.3 is 0 Å². The van der Waals surface area contributed by atoms with E-state index in [-0.39, 0.29) is 5.78 Å². The van der Waals surface area contributed by atoms with Crippen LogP contribution in [-0.4, -0.2) is 24.8 Å². The van der Waals surface area contributed by atoms with Crippen LogP contribution in [0.5, 0.6) is 0 Å². The average molecular weight is 213 g/mol. The third kappa shape index (κ3) is 1.91. The van der Waals surface area contributed by atoms with Crippen molar-refractivity contribution in [1.29, 1.82) is 0 Å². The van der Waals surface area contributed by atoms with Crippen LogP contribution in [0.4, 0.5) is 0 Å². The van der Waals surface area contributed by atoms with Crippen molar-refractivity contribution in [2.45, 2.75) is 0 Å². The maximum absolute atomic E-state index is 11.8. The second kappa shape index (κ2) is 4.11. The highest BCUT2D eigenvalue weighted by Gasteiger charge is 2.10. The van der Waals surface area contributed by atoms with Gasteiger partial charge in [-0.25, -0.2) is 0 Å². The van der Waals surface area contributed by atoms with Gasteiger partial charge in [-0.15, -0.1) is 0 Å². The van der Waals surface area contributed by atoms with Crippen LogP contribution >= 0.6 is 0 Å². The molecule has 0 saturated heterocycles. The Morgan fingerprint density at radius 1 is 1.31 bits per heavy atom. The molecule has 0 spiro atoms. The number of ketones is 1. The topological polar surface area (TPSA) is 33.5 Å². The Hall–Kier alpha value is -2.21. The summed E-state index contributed by atoms with van der Waals surface area (Å²) in [4.78, 5) is 13.4. The molecule has 1 heterocycles. The highest BCUT2D eigenvalue weighted by Crippen LogP contribution is 2.20. The number of Topliss-reactive ketones (excluding diaryl/α,β-unsaturated/α-hetero) is 1. The Kier molecular flexibility index (Phi) is 2.65. The molecular weight excluding hydrogens is 202 g/mol. The standard InChI is InChI=1S/C13H11NO2/c1-14(2)8-7-12(15)11-9-16-13-6-4-3-5-10(11)13/h3-6,9H,1-2H3. The molecule has 80 valence electrons. The van der Waals surface area contributed by atoms with Crippen LogP contribution in [0.1, 0.15) is 10.4 Å². The van der Waals surface area contributed by atoms with Gasteiger partial charge in [-0.1, -0.05) is 18.2 Å². The molecule has 3 heteroatoms. The van der Waals surface area contributed by atoms with Crippen LogP contribution in [0.3, 0.4) is 0 Å². The van der Waals surface area contributed by atoms with Crippen molar-refractivity contribution in [1.82, 2.24) is 4.90 Å². The van der Waals surface area contributed by atoms with Gasteiger partial charge in [0.2, 0.25) is 5.78 Å². The molecule has 0 atom stereocenters. The van der Waals surface area contributed by atoms with Crippen molar-refractivity contribution in [3.63, 3.8) is 0 Å². The van der Waals surface area contributed by atoms with Crippen LogP contribution in [0.2, 0.25) is 0 Å². The fraction of sp³-hybridized carbons (Fsp3) is 0.154. The SMILES string of the molecule is CN(C)C#CC(=O)c1coc2ccccc12. The Labute approximate surface area is 93.7 Å². The van der Waals surface area contributed by atoms with Crippen molar-refractivity contribution in [2.75, 3.05) is 14.1 Å². The molecule has 0 fully saturated rings.